The van der Waals surface area contributed by atoms with Crippen molar-refractivity contribution in [2.45, 2.75) is 38.6 Å². The lowest BCUT2D eigenvalue weighted by Gasteiger charge is -2.49. The van der Waals surface area contributed by atoms with E-state index in [1.165, 1.54) is 0 Å². The van der Waals surface area contributed by atoms with Crippen LogP contribution in [0.5, 0.6) is 0 Å². The van der Waals surface area contributed by atoms with Crippen molar-refractivity contribution in [2.75, 3.05) is 5.32 Å². The molecule has 1 aliphatic carbocycles. The van der Waals surface area contributed by atoms with Gasteiger partial charge in [-0.05, 0) is 18.0 Å². The fourth-order valence-electron chi connectivity index (χ4n) is 1.96. The number of hydrogen-bond donors (Lipinski definition) is 2. The highest BCUT2D eigenvalue weighted by Crippen LogP contribution is 2.42. The maximum atomic E-state index is 12.6. The first-order valence-electron chi connectivity index (χ1n) is 5.67. The summed E-state index contributed by atoms with van der Waals surface area (Å²) in [6, 6.07) is 0.654. The Morgan fingerprint density at radius 2 is 2.05 bits per heavy atom. The fraction of sp³-hybridized carbons (Fsp3) is 0.636. The summed E-state index contributed by atoms with van der Waals surface area (Å²) in [5, 5.41) is 12.0. The topological polar surface area (TPSA) is 58.0 Å². The molecular weight excluding hydrogens is 283 g/mol. The van der Waals surface area contributed by atoms with Crippen LogP contribution in [-0.4, -0.2) is 27.2 Å². The maximum absolute atomic E-state index is 12.6. The van der Waals surface area contributed by atoms with Gasteiger partial charge in [-0.15, -0.1) is 0 Å². The number of nitrogens with zero attached hydrogens (tertiary/aromatic N) is 2. The molecule has 1 saturated carbocycles. The highest BCUT2D eigenvalue weighted by molar-refractivity contribution is 6.28. The third-order valence-corrected chi connectivity index (χ3v) is 3.70. The molecule has 1 aromatic rings. The summed E-state index contributed by atoms with van der Waals surface area (Å²) < 4.78 is 37.7. The predicted octanol–water partition coefficient (Wildman–Crippen LogP) is 2.72. The molecule has 0 spiro atoms. The summed E-state index contributed by atoms with van der Waals surface area (Å²) >= 11 is 5.49. The Kier molecular flexibility index (Phi) is 3.38. The summed E-state index contributed by atoms with van der Waals surface area (Å²) in [6.45, 7) is 3.65. The van der Waals surface area contributed by atoms with E-state index in [-0.39, 0.29) is 11.9 Å². The van der Waals surface area contributed by atoms with Gasteiger partial charge in [0.05, 0.1) is 6.10 Å². The lowest BCUT2D eigenvalue weighted by molar-refractivity contribution is -0.141. The standard InChI is InChI=1S/C11H13ClF3N3O/c1-10(2)5(3-7(10)19)16-8-4-6(11(13,14)15)17-9(12)18-8/h4-5,7,19H,3H2,1-2H3,(H,16,17,18). The molecule has 2 N–H and O–H groups in total. The van der Waals surface area contributed by atoms with E-state index in [0.29, 0.717) is 6.42 Å². The minimum atomic E-state index is -4.57. The molecule has 1 fully saturated rings. The van der Waals surface area contributed by atoms with Gasteiger partial charge in [0.15, 0.2) is 5.69 Å². The molecule has 4 nitrogen and oxygen atoms in total. The Morgan fingerprint density at radius 1 is 1.42 bits per heavy atom. The van der Waals surface area contributed by atoms with Crippen LogP contribution in [-0.2, 0) is 6.18 Å². The lowest BCUT2D eigenvalue weighted by atomic mass is 9.64. The van der Waals surface area contributed by atoms with E-state index >= 15 is 0 Å². The number of hydrogen-bond acceptors (Lipinski definition) is 4. The molecule has 1 heterocycles. The molecule has 0 aromatic carbocycles. The fourth-order valence-corrected chi connectivity index (χ4v) is 2.15. The zero-order chi connectivity index (χ0) is 14.4. The molecule has 0 saturated heterocycles. The van der Waals surface area contributed by atoms with Crippen molar-refractivity contribution in [1.29, 1.82) is 0 Å². The van der Waals surface area contributed by atoms with Crippen molar-refractivity contribution in [3.63, 3.8) is 0 Å². The van der Waals surface area contributed by atoms with Gasteiger partial charge in [-0.2, -0.15) is 13.2 Å². The Morgan fingerprint density at radius 3 is 2.53 bits per heavy atom. The van der Waals surface area contributed by atoms with Crippen LogP contribution in [0.25, 0.3) is 0 Å². The molecule has 8 heteroatoms. The summed E-state index contributed by atoms with van der Waals surface area (Å²) in [5.74, 6) is 0.0114. The van der Waals surface area contributed by atoms with Crippen LogP contribution in [0, 0.1) is 5.41 Å². The van der Waals surface area contributed by atoms with E-state index in [1.807, 2.05) is 13.8 Å². The average Bonchev–Trinajstić information content (AvgIpc) is 2.27. The van der Waals surface area contributed by atoms with Crippen LogP contribution in [0.4, 0.5) is 19.0 Å². The molecule has 2 atom stereocenters. The first kappa shape index (κ1) is 14.3. The summed E-state index contributed by atoms with van der Waals surface area (Å²) in [6.07, 6.45) is -4.60. The monoisotopic (exact) mass is 295 g/mol. The zero-order valence-corrected chi connectivity index (χ0v) is 11.0. The van der Waals surface area contributed by atoms with Gasteiger partial charge in [-0.1, -0.05) is 13.8 Å². The Labute approximate surface area is 113 Å². The molecule has 0 amide bonds. The Balaban J connectivity index is 2.20. The van der Waals surface area contributed by atoms with E-state index in [9.17, 15) is 18.3 Å². The smallest absolute Gasteiger partial charge is 0.392 e. The van der Waals surface area contributed by atoms with Crippen LogP contribution in [0.3, 0.4) is 0 Å². The van der Waals surface area contributed by atoms with Gasteiger partial charge in [0.2, 0.25) is 5.28 Å². The summed E-state index contributed by atoms with van der Waals surface area (Å²) in [4.78, 5) is 6.87. The van der Waals surface area contributed by atoms with Gasteiger partial charge < -0.3 is 10.4 Å². The van der Waals surface area contributed by atoms with Crippen molar-refractivity contribution in [3.8, 4) is 0 Å². The molecule has 1 aromatic heterocycles. The number of aromatic nitrogens is 2. The van der Waals surface area contributed by atoms with Crippen LogP contribution in [0.2, 0.25) is 5.28 Å². The minimum Gasteiger partial charge on any atom is -0.392 e. The van der Waals surface area contributed by atoms with Gasteiger partial charge in [-0.3, -0.25) is 0 Å². The molecule has 2 unspecified atom stereocenters. The molecule has 106 valence electrons. The van der Waals surface area contributed by atoms with E-state index in [1.54, 1.807) is 0 Å². The van der Waals surface area contributed by atoms with E-state index in [0.717, 1.165) is 6.07 Å². The van der Waals surface area contributed by atoms with Gasteiger partial charge in [-0.25, -0.2) is 9.97 Å². The quantitative estimate of drug-likeness (QED) is 0.824. The SMILES string of the molecule is CC1(C)C(O)CC1Nc1cc(C(F)(F)F)nc(Cl)n1. The number of aliphatic hydroxyl groups excluding tert-OH is 1. The maximum Gasteiger partial charge on any atom is 0.433 e. The predicted molar refractivity (Wildman–Crippen MR) is 63.9 cm³/mol. The third kappa shape index (κ3) is 2.76. The Bertz CT molecular complexity index is 493. The van der Waals surface area contributed by atoms with Crippen LogP contribution < -0.4 is 5.32 Å². The molecule has 1 aliphatic rings. The molecule has 0 bridgehead atoms. The van der Waals surface area contributed by atoms with E-state index in [4.69, 9.17) is 11.6 Å². The van der Waals surface area contributed by atoms with Crippen molar-refractivity contribution < 1.29 is 18.3 Å². The van der Waals surface area contributed by atoms with Crippen molar-refractivity contribution in [3.05, 3.63) is 17.0 Å². The molecule has 19 heavy (non-hydrogen) atoms. The average molecular weight is 296 g/mol. The lowest BCUT2D eigenvalue weighted by Crippen LogP contribution is -2.57. The van der Waals surface area contributed by atoms with E-state index < -0.39 is 28.7 Å². The highest BCUT2D eigenvalue weighted by Gasteiger charge is 2.47. The molecule has 0 aliphatic heterocycles. The zero-order valence-electron chi connectivity index (χ0n) is 10.3. The van der Waals surface area contributed by atoms with Crippen LogP contribution >= 0.6 is 11.6 Å². The number of anilines is 1. The first-order valence-corrected chi connectivity index (χ1v) is 6.05. The van der Waals surface area contributed by atoms with Crippen molar-refractivity contribution in [1.82, 2.24) is 9.97 Å². The molecule has 0 radical (unpaired) electrons. The van der Waals surface area contributed by atoms with Gasteiger partial charge in [0.25, 0.3) is 0 Å². The second-order valence-corrected chi connectivity index (χ2v) is 5.51. The van der Waals surface area contributed by atoms with Gasteiger partial charge in [0, 0.05) is 17.5 Å². The largest absolute Gasteiger partial charge is 0.433 e. The number of alkyl halides is 3. The summed E-state index contributed by atoms with van der Waals surface area (Å²) in [5.41, 5.74) is -1.51. The third-order valence-electron chi connectivity index (χ3n) is 3.53. The number of rotatable bonds is 2. The normalized spacial score (nSPS) is 25.8. The van der Waals surface area contributed by atoms with Gasteiger partial charge in [0.1, 0.15) is 5.82 Å². The van der Waals surface area contributed by atoms with Gasteiger partial charge >= 0.3 is 6.18 Å². The number of nitrogens with one attached hydrogen (secondary N) is 1. The number of aliphatic hydroxyl groups is 1. The molecule has 2 rings (SSSR count). The van der Waals surface area contributed by atoms with Crippen molar-refractivity contribution in [2.24, 2.45) is 5.41 Å². The second-order valence-electron chi connectivity index (χ2n) is 5.18. The van der Waals surface area contributed by atoms with Crippen LogP contribution in [0.1, 0.15) is 26.0 Å². The highest BCUT2D eigenvalue weighted by atomic mass is 35.5. The first-order chi connectivity index (χ1) is 8.60. The van der Waals surface area contributed by atoms with E-state index in [2.05, 4.69) is 15.3 Å². The Hall–Kier alpha value is -1.08. The minimum absolute atomic E-state index is 0.0114. The summed E-state index contributed by atoms with van der Waals surface area (Å²) in [7, 11) is 0. The van der Waals surface area contributed by atoms with Crippen molar-refractivity contribution >= 4 is 17.4 Å². The second kappa shape index (κ2) is 4.49. The van der Waals surface area contributed by atoms with Crippen LogP contribution in [0.15, 0.2) is 6.07 Å². The number of halogens is 4. The molecular formula is C11H13ClF3N3O.